The first-order chi connectivity index (χ1) is 17.0. The number of rotatable bonds is 10. The molecule has 0 radical (unpaired) electrons. The van der Waals surface area contributed by atoms with Crippen LogP contribution in [0.15, 0.2) is 35.7 Å². The van der Waals surface area contributed by atoms with Crippen molar-refractivity contribution in [2.75, 3.05) is 33.4 Å². The first-order valence-electron chi connectivity index (χ1n) is 12.9. The van der Waals surface area contributed by atoms with E-state index in [0.29, 0.717) is 37.1 Å². The highest BCUT2D eigenvalue weighted by Gasteiger charge is 2.35. The number of amides is 2. The summed E-state index contributed by atoms with van der Waals surface area (Å²) in [7, 11) is 1.63. The van der Waals surface area contributed by atoms with Crippen LogP contribution in [0.3, 0.4) is 0 Å². The van der Waals surface area contributed by atoms with Crippen LogP contribution in [0, 0.1) is 11.8 Å². The second-order valence-corrected chi connectivity index (χ2v) is 10.8. The van der Waals surface area contributed by atoms with E-state index in [9.17, 15) is 9.59 Å². The number of carbonyl (C=O) groups excluding carboxylic acids is 2. The maximum absolute atomic E-state index is 13.7. The van der Waals surface area contributed by atoms with Crippen LogP contribution in [0.25, 0.3) is 0 Å². The van der Waals surface area contributed by atoms with Gasteiger partial charge in [0, 0.05) is 23.9 Å². The lowest BCUT2D eigenvalue weighted by atomic mass is 10.00. The van der Waals surface area contributed by atoms with E-state index in [-0.39, 0.29) is 30.3 Å². The first-order valence-corrected chi connectivity index (χ1v) is 13.8. The Kier molecular flexibility index (Phi) is 8.71. The van der Waals surface area contributed by atoms with Gasteiger partial charge in [-0.1, -0.05) is 45.2 Å². The molecule has 2 atom stereocenters. The van der Waals surface area contributed by atoms with Gasteiger partial charge < -0.3 is 19.3 Å². The van der Waals surface area contributed by atoms with Crippen LogP contribution in [-0.2, 0) is 16.0 Å². The Morgan fingerprint density at radius 2 is 1.91 bits per heavy atom. The third-order valence-corrected chi connectivity index (χ3v) is 8.45. The Balaban J connectivity index is 1.51. The second-order valence-electron chi connectivity index (χ2n) is 9.83. The summed E-state index contributed by atoms with van der Waals surface area (Å²) >= 11 is 1.74. The highest BCUT2D eigenvalue weighted by atomic mass is 32.1. The minimum Gasteiger partial charge on any atom is -0.493 e. The summed E-state index contributed by atoms with van der Waals surface area (Å²) in [5, 5.41) is 2.09. The fourth-order valence-corrected chi connectivity index (χ4v) is 6.13. The summed E-state index contributed by atoms with van der Waals surface area (Å²) in [6, 6.07) is 9.50. The molecule has 0 bridgehead atoms. The van der Waals surface area contributed by atoms with E-state index in [1.807, 2.05) is 34.1 Å². The fourth-order valence-electron chi connectivity index (χ4n) is 5.20. The van der Waals surface area contributed by atoms with Crippen LogP contribution in [0.5, 0.6) is 11.5 Å². The van der Waals surface area contributed by atoms with Crippen LogP contribution < -0.4 is 9.47 Å². The Hall–Kier alpha value is -2.54. The van der Waals surface area contributed by atoms with Crippen molar-refractivity contribution in [3.05, 3.63) is 46.2 Å². The van der Waals surface area contributed by atoms with E-state index in [0.717, 1.165) is 44.1 Å². The zero-order chi connectivity index (χ0) is 24.8. The van der Waals surface area contributed by atoms with Crippen molar-refractivity contribution in [1.82, 2.24) is 9.80 Å². The Morgan fingerprint density at radius 3 is 2.63 bits per heavy atom. The van der Waals surface area contributed by atoms with Gasteiger partial charge in [0.2, 0.25) is 11.8 Å². The minimum atomic E-state index is -0.186. The van der Waals surface area contributed by atoms with Crippen LogP contribution in [0.4, 0.5) is 0 Å². The normalized spacial score (nSPS) is 18.7. The van der Waals surface area contributed by atoms with Crippen LogP contribution in [-0.4, -0.2) is 55.0 Å². The van der Waals surface area contributed by atoms with E-state index in [4.69, 9.17) is 9.47 Å². The summed E-state index contributed by atoms with van der Waals surface area (Å²) in [5.41, 5.74) is 1.15. The second kappa shape index (κ2) is 11.9. The molecule has 0 saturated heterocycles. The largest absolute Gasteiger partial charge is 0.493 e. The van der Waals surface area contributed by atoms with Gasteiger partial charge in [-0.25, -0.2) is 0 Å². The summed E-state index contributed by atoms with van der Waals surface area (Å²) in [5.74, 6) is 1.94. The molecule has 0 unspecified atom stereocenters. The molecule has 2 aromatic rings. The lowest BCUT2D eigenvalue weighted by Crippen LogP contribution is -2.49. The molecule has 4 rings (SSSR count). The van der Waals surface area contributed by atoms with Crippen molar-refractivity contribution in [3.63, 3.8) is 0 Å². The summed E-state index contributed by atoms with van der Waals surface area (Å²) < 4.78 is 11.6. The monoisotopic (exact) mass is 498 g/mol. The molecule has 2 amide bonds. The van der Waals surface area contributed by atoms with E-state index in [2.05, 4.69) is 25.3 Å². The van der Waals surface area contributed by atoms with Gasteiger partial charge in [0.25, 0.3) is 0 Å². The number of carbonyl (C=O) groups is 2. The van der Waals surface area contributed by atoms with Crippen molar-refractivity contribution in [3.8, 4) is 11.5 Å². The third-order valence-electron chi connectivity index (χ3n) is 7.45. The molecule has 35 heavy (non-hydrogen) atoms. The van der Waals surface area contributed by atoms with Gasteiger partial charge in [-0.3, -0.25) is 9.59 Å². The van der Waals surface area contributed by atoms with Crippen LogP contribution in [0.1, 0.15) is 62.4 Å². The molecule has 0 N–H and O–H groups in total. The standard InChI is InChI=1S/C28H38N2O4S/c1-4-20(2)17-29(28(32)21-9-5-6-10-21)18-27(31)30-15-13-26-22(14-16-35-26)23(30)19-34-25-12-8-7-11-24(25)33-3/h7-8,11-12,14,16,20-21,23H,4-6,9-10,13,15,17-19H2,1-3H3/t20-,23-/m1/s1. The highest BCUT2D eigenvalue weighted by Crippen LogP contribution is 2.35. The quantitative estimate of drug-likeness (QED) is 0.444. The van der Waals surface area contributed by atoms with Gasteiger partial charge in [-0.15, -0.1) is 11.3 Å². The molecule has 1 aliphatic heterocycles. The van der Waals surface area contributed by atoms with Crippen molar-refractivity contribution >= 4 is 23.2 Å². The highest BCUT2D eigenvalue weighted by molar-refractivity contribution is 7.10. The fraction of sp³-hybridized carbons (Fsp3) is 0.571. The molecule has 1 aromatic heterocycles. The lowest BCUT2D eigenvalue weighted by Gasteiger charge is -2.37. The van der Waals surface area contributed by atoms with Crippen molar-refractivity contribution in [1.29, 1.82) is 0 Å². The minimum absolute atomic E-state index is 0.00475. The number of hydrogen-bond donors (Lipinski definition) is 0. The van der Waals surface area contributed by atoms with Gasteiger partial charge >= 0.3 is 0 Å². The molecule has 6 nitrogen and oxygen atoms in total. The molecule has 1 aliphatic carbocycles. The van der Waals surface area contributed by atoms with Crippen LogP contribution >= 0.6 is 11.3 Å². The zero-order valence-corrected chi connectivity index (χ0v) is 22.0. The maximum atomic E-state index is 13.7. The number of nitrogens with zero attached hydrogens (tertiary/aromatic N) is 2. The molecular weight excluding hydrogens is 460 g/mol. The zero-order valence-electron chi connectivity index (χ0n) is 21.2. The van der Waals surface area contributed by atoms with Crippen LogP contribution in [0.2, 0.25) is 0 Å². The number of para-hydroxylation sites is 2. The number of methoxy groups -OCH3 is 1. The van der Waals surface area contributed by atoms with Gasteiger partial charge in [-0.05, 0) is 54.3 Å². The number of benzene rings is 1. The molecule has 7 heteroatoms. The van der Waals surface area contributed by atoms with Gasteiger partial charge in [-0.2, -0.15) is 0 Å². The SMILES string of the molecule is CC[C@@H](C)CN(CC(=O)N1CCc2sccc2[C@H]1COc1ccccc1OC)C(=O)C1CCCC1. The molecule has 190 valence electrons. The maximum Gasteiger partial charge on any atom is 0.242 e. The topological polar surface area (TPSA) is 59.1 Å². The average molecular weight is 499 g/mol. The molecule has 2 aliphatic rings. The molecule has 1 aromatic carbocycles. The van der Waals surface area contributed by atoms with E-state index in [1.54, 1.807) is 18.4 Å². The third kappa shape index (κ3) is 6.00. The van der Waals surface area contributed by atoms with Gasteiger partial charge in [0.15, 0.2) is 11.5 Å². The van der Waals surface area contributed by atoms with Crippen molar-refractivity contribution < 1.29 is 19.1 Å². The first kappa shape index (κ1) is 25.5. The summed E-state index contributed by atoms with van der Waals surface area (Å²) in [4.78, 5) is 32.2. The molecule has 0 spiro atoms. The van der Waals surface area contributed by atoms with Gasteiger partial charge in [0.05, 0.1) is 19.7 Å². The number of thiophene rings is 1. The van der Waals surface area contributed by atoms with Crippen molar-refractivity contribution in [2.45, 2.75) is 58.4 Å². The summed E-state index contributed by atoms with van der Waals surface area (Å²) in [6.07, 6.45) is 5.93. The average Bonchev–Trinajstić information content (AvgIpc) is 3.59. The van der Waals surface area contributed by atoms with Crippen molar-refractivity contribution in [2.24, 2.45) is 11.8 Å². The predicted molar refractivity (Wildman–Crippen MR) is 139 cm³/mol. The Morgan fingerprint density at radius 1 is 1.17 bits per heavy atom. The Labute approximate surface area is 213 Å². The lowest BCUT2D eigenvalue weighted by molar-refractivity contribution is -0.145. The van der Waals surface area contributed by atoms with E-state index < -0.39 is 0 Å². The number of hydrogen-bond acceptors (Lipinski definition) is 5. The molecule has 1 saturated carbocycles. The number of fused-ring (bicyclic) bond motifs is 1. The predicted octanol–water partition coefficient (Wildman–Crippen LogP) is 5.33. The number of ether oxygens (including phenoxy) is 2. The summed E-state index contributed by atoms with van der Waals surface area (Å²) in [6.45, 7) is 6.06. The smallest absolute Gasteiger partial charge is 0.242 e. The van der Waals surface area contributed by atoms with E-state index in [1.165, 1.54) is 4.88 Å². The Bertz CT molecular complexity index is 1000. The molecule has 1 fully saturated rings. The van der Waals surface area contributed by atoms with Gasteiger partial charge in [0.1, 0.15) is 6.61 Å². The molecule has 2 heterocycles. The molecular formula is C28H38N2O4S. The van der Waals surface area contributed by atoms with E-state index >= 15 is 0 Å².